The summed E-state index contributed by atoms with van der Waals surface area (Å²) in [6.45, 7) is 5.49. The van der Waals surface area contributed by atoms with Crippen LogP contribution in [0.3, 0.4) is 0 Å². The number of alkyl halides is 2. The second-order valence-corrected chi connectivity index (χ2v) is 6.33. The second kappa shape index (κ2) is 5.05. The molecule has 2 aromatic rings. The first-order chi connectivity index (χ1) is 9.85. The molecule has 0 saturated heterocycles. The molecule has 1 aromatic heterocycles. The molecule has 0 amide bonds. The summed E-state index contributed by atoms with van der Waals surface area (Å²) in [6, 6.07) is 4.18. The van der Waals surface area contributed by atoms with Crippen LogP contribution in [0, 0.1) is 19.8 Å². The van der Waals surface area contributed by atoms with Crippen molar-refractivity contribution in [2.24, 2.45) is 5.92 Å². The van der Waals surface area contributed by atoms with Gasteiger partial charge < -0.3 is 4.98 Å². The number of aromatic nitrogens is 2. The fourth-order valence-corrected chi connectivity index (χ4v) is 2.69. The molecule has 1 heterocycles. The minimum absolute atomic E-state index is 0.0596. The number of benzene rings is 1. The van der Waals surface area contributed by atoms with Crippen LogP contribution in [0.4, 0.5) is 8.78 Å². The van der Waals surface area contributed by atoms with Crippen molar-refractivity contribution >= 4 is 11.0 Å². The molecule has 114 valence electrons. The predicted molar refractivity (Wildman–Crippen MR) is 79.6 cm³/mol. The minimum Gasteiger partial charge on any atom is -0.341 e. The van der Waals surface area contributed by atoms with Crippen molar-refractivity contribution in [2.45, 2.75) is 39.2 Å². The van der Waals surface area contributed by atoms with E-state index in [1.54, 1.807) is 0 Å². The van der Waals surface area contributed by atoms with Crippen molar-refractivity contribution in [3.8, 4) is 0 Å². The maximum atomic E-state index is 12.9. The van der Waals surface area contributed by atoms with Gasteiger partial charge in [-0.25, -0.2) is 13.8 Å². The average Bonchev–Trinajstić information content (AvgIpc) is 2.81. The van der Waals surface area contributed by atoms with Crippen molar-refractivity contribution < 1.29 is 8.78 Å². The highest BCUT2D eigenvalue weighted by Gasteiger charge is 2.55. The highest BCUT2D eigenvalue weighted by atomic mass is 19.3. The number of aromatic amines is 1. The standard InChI is InChI=1S/C16H21F2N3/c1-10-6-13-14(7-11(10)2)20-15(19-13)9-21(3)5-4-12-8-16(12,17)18/h6-7,12H,4-5,8-9H2,1-3H3,(H,19,20). The first-order valence-electron chi connectivity index (χ1n) is 7.37. The zero-order valence-electron chi connectivity index (χ0n) is 12.7. The van der Waals surface area contributed by atoms with E-state index in [0.717, 1.165) is 16.9 Å². The normalized spacial score (nSPS) is 20.4. The summed E-state index contributed by atoms with van der Waals surface area (Å²) in [5.74, 6) is -1.93. The third-order valence-corrected chi connectivity index (χ3v) is 4.38. The van der Waals surface area contributed by atoms with Crippen LogP contribution < -0.4 is 0 Å². The molecule has 1 aromatic carbocycles. The molecule has 3 rings (SSSR count). The number of hydrogen-bond acceptors (Lipinski definition) is 2. The lowest BCUT2D eigenvalue weighted by Crippen LogP contribution is -2.20. The Morgan fingerprint density at radius 1 is 1.33 bits per heavy atom. The lowest BCUT2D eigenvalue weighted by molar-refractivity contribution is 0.0943. The molecule has 1 N–H and O–H groups in total. The first kappa shape index (κ1) is 14.4. The molecule has 0 radical (unpaired) electrons. The molecule has 1 atom stereocenters. The summed E-state index contributed by atoms with van der Waals surface area (Å²) in [5.41, 5.74) is 4.47. The highest BCUT2D eigenvalue weighted by Crippen LogP contribution is 2.50. The van der Waals surface area contributed by atoms with Gasteiger partial charge in [0, 0.05) is 12.3 Å². The van der Waals surface area contributed by atoms with Crippen LogP contribution in [-0.2, 0) is 6.54 Å². The van der Waals surface area contributed by atoms with Crippen molar-refractivity contribution in [2.75, 3.05) is 13.6 Å². The maximum absolute atomic E-state index is 12.9. The van der Waals surface area contributed by atoms with E-state index >= 15 is 0 Å². The molecule has 1 saturated carbocycles. The van der Waals surface area contributed by atoms with Gasteiger partial charge in [-0.3, -0.25) is 4.90 Å². The monoisotopic (exact) mass is 293 g/mol. The Bertz CT molecular complexity index is 624. The number of nitrogens with zero attached hydrogens (tertiary/aromatic N) is 2. The predicted octanol–water partition coefficient (Wildman–Crippen LogP) is 3.66. The molecule has 3 nitrogen and oxygen atoms in total. The SMILES string of the molecule is Cc1cc2nc(CN(C)CCC3CC3(F)F)[nH]c2cc1C. The van der Waals surface area contributed by atoms with E-state index in [9.17, 15) is 8.78 Å². The Hall–Kier alpha value is -1.49. The summed E-state index contributed by atoms with van der Waals surface area (Å²) >= 11 is 0. The quantitative estimate of drug-likeness (QED) is 0.912. The Morgan fingerprint density at radius 2 is 2.00 bits per heavy atom. The molecule has 0 aliphatic heterocycles. The summed E-state index contributed by atoms with van der Waals surface area (Å²) in [4.78, 5) is 9.94. The summed E-state index contributed by atoms with van der Waals surface area (Å²) in [7, 11) is 1.95. The van der Waals surface area contributed by atoms with E-state index < -0.39 is 11.8 Å². The Morgan fingerprint density at radius 3 is 2.67 bits per heavy atom. The number of fused-ring (bicyclic) bond motifs is 1. The van der Waals surface area contributed by atoms with Gasteiger partial charge in [-0.15, -0.1) is 0 Å². The Labute approximate surface area is 123 Å². The molecular formula is C16H21F2N3. The zero-order valence-corrected chi connectivity index (χ0v) is 12.7. The van der Waals surface area contributed by atoms with Crippen LogP contribution in [0.2, 0.25) is 0 Å². The molecule has 0 spiro atoms. The Balaban J connectivity index is 1.62. The lowest BCUT2D eigenvalue weighted by atomic mass is 10.1. The summed E-state index contributed by atoms with van der Waals surface area (Å²) < 4.78 is 25.7. The molecule has 5 heteroatoms. The number of hydrogen-bond donors (Lipinski definition) is 1. The molecule has 0 bridgehead atoms. The Kier molecular flexibility index (Phi) is 3.48. The molecule has 1 aliphatic rings. The third kappa shape index (κ3) is 3.07. The molecular weight excluding hydrogens is 272 g/mol. The number of H-pyrrole nitrogens is 1. The van der Waals surface area contributed by atoms with Crippen LogP contribution in [0.1, 0.15) is 29.8 Å². The van der Waals surface area contributed by atoms with Gasteiger partial charge in [0.2, 0.25) is 0 Å². The van der Waals surface area contributed by atoms with Gasteiger partial charge in [-0.1, -0.05) is 0 Å². The maximum Gasteiger partial charge on any atom is 0.251 e. The largest absolute Gasteiger partial charge is 0.341 e. The van der Waals surface area contributed by atoms with E-state index in [1.165, 1.54) is 11.1 Å². The van der Waals surface area contributed by atoms with Gasteiger partial charge in [0.25, 0.3) is 5.92 Å². The average molecular weight is 293 g/mol. The van der Waals surface area contributed by atoms with Crippen LogP contribution in [0.25, 0.3) is 11.0 Å². The molecule has 1 unspecified atom stereocenters. The topological polar surface area (TPSA) is 31.9 Å². The van der Waals surface area contributed by atoms with Gasteiger partial charge >= 0.3 is 0 Å². The fraction of sp³-hybridized carbons (Fsp3) is 0.562. The van der Waals surface area contributed by atoms with Crippen LogP contribution in [0.15, 0.2) is 12.1 Å². The van der Waals surface area contributed by atoms with E-state index in [1.807, 2.05) is 11.9 Å². The number of imidazole rings is 1. The van der Waals surface area contributed by atoms with E-state index in [-0.39, 0.29) is 6.42 Å². The van der Waals surface area contributed by atoms with Gasteiger partial charge in [-0.2, -0.15) is 0 Å². The van der Waals surface area contributed by atoms with E-state index in [4.69, 9.17) is 0 Å². The van der Waals surface area contributed by atoms with Crippen LogP contribution >= 0.6 is 0 Å². The minimum atomic E-state index is -2.41. The van der Waals surface area contributed by atoms with Crippen molar-refractivity contribution in [3.63, 3.8) is 0 Å². The second-order valence-electron chi connectivity index (χ2n) is 6.33. The highest BCUT2D eigenvalue weighted by molar-refractivity contribution is 5.77. The van der Waals surface area contributed by atoms with Crippen molar-refractivity contribution in [1.29, 1.82) is 0 Å². The van der Waals surface area contributed by atoms with Crippen LogP contribution in [0.5, 0.6) is 0 Å². The fourth-order valence-electron chi connectivity index (χ4n) is 2.69. The molecule has 1 fully saturated rings. The zero-order chi connectivity index (χ0) is 15.2. The first-order valence-corrected chi connectivity index (χ1v) is 7.37. The van der Waals surface area contributed by atoms with Crippen LogP contribution in [-0.4, -0.2) is 34.4 Å². The summed E-state index contributed by atoms with van der Waals surface area (Å²) in [6.07, 6.45) is 0.617. The third-order valence-electron chi connectivity index (χ3n) is 4.38. The number of halogens is 2. The molecule has 21 heavy (non-hydrogen) atoms. The van der Waals surface area contributed by atoms with Crippen molar-refractivity contribution in [1.82, 2.24) is 14.9 Å². The number of aryl methyl sites for hydroxylation is 2. The number of nitrogens with one attached hydrogen (secondary N) is 1. The van der Waals surface area contributed by atoms with Crippen molar-refractivity contribution in [3.05, 3.63) is 29.1 Å². The van der Waals surface area contributed by atoms with E-state index in [0.29, 0.717) is 19.5 Å². The van der Waals surface area contributed by atoms with Gasteiger partial charge in [-0.05, 0) is 57.1 Å². The molecule has 1 aliphatic carbocycles. The van der Waals surface area contributed by atoms with E-state index in [2.05, 4.69) is 35.9 Å². The smallest absolute Gasteiger partial charge is 0.251 e. The lowest BCUT2D eigenvalue weighted by Gasteiger charge is -2.14. The van der Waals surface area contributed by atoms with Gasteiger partial charge in [0.15, 0.2) is 0 Å². The summed E-state index contributed by atoms with van der Waals surface area (Å²) in [5, 5.41) is 0. The van der Waals surface area contributed by atoms with Gasteiger partial charge in [0.1, 0.15) is 5.82 Å². The van der Waals surface area contributed by atoms with Gasteiger partial charge in [0.05, 0.1) is 17.6 Å². The number of rotatable bonds is 5.